The number of nitrogens with one attached hydrogen (secondary N) is 3. The van der Waals surface area contributed by atoms with Gasteiger partial charge in [-0.1, -0.05) is 6.07 Å². The first kappa shape index (κ1) is 20.5. The number of carbonyl (C=O) groups is 2. The Balaban J connectivity index is 1.59. The molecular formula is C20H18F3N5O3. The Hall–Kier alpha value is -3.76. The molecule has 2 atom stereocenters. The van der Waals surface area contributed by atoms with E-state index in [9.17, 15) is 22.8 Å². The number of amides is 2. The van der Waals surface area contributed by atoms with E-state index in [0.717, 1.165) is 4.68 Å². The van der Waals surface area contributed by atoms with Crippen molar-refractivity contribution in [2.45, 2.75) is 31.6 Å². The number of hydrogen-bond acceptors (Lipinski definition) is 5. The smallest absolute Gasteiger partial charge is 0.410 e. The Morgan fingerprint density at radius 3 is 2.55 bits per heavy atom. The highest BCUT2D eigenvalue weighted by Crippen LogP contribution is 2.43. The molecule has 162 valence electrons. The number of hydrogen-bond donors (Lipinski definition) is 3. The molecule has 11 heteroatoms. The summed E-state index contributed by atoms with van der Waals surface area (Å²) in [6, 6.07) is 8.20. The van der Waals surface area contributed by atoms with E-state index in [4.69, 9.17) is 4.42 Å². The van der Waals surface area contributed by atoms with Crippen molar-refractivity contribution in [2.24, 2.45) is 0 Å². The Labute approximate surface area is 174 Å². The van der Waals surface area contributed by atoms with E-state index >= 15 is 0 Å². The molecule has 2 aromatic heterocycles. The van der Waals surface area contributed by atoms with E-state index in [2.05, 4.69) is 21.0 Å². The zero-order chi connectivity index (χ0) is 22.2. The Morgan fingerprint density at radius 1 is 1.16 bits per heavy atom. The molecule has 0 saturated carbocycles. The van der Waals surface area contributed by atoms with Crippen LogP contribution in [0.25, 0.3) is 0 Å². The Bertz CT molecular complexity index is 1110. The van der Waals surface area contributed by atoms with Crippen molar-refractivity contribution in [1.29, 1.82) is 0 Å². The van der Waals surface area contributed by atoms with Gasteiger partial charge in [0.15, 0.2) is 11.7 Å². The fourth-order valence-electron chi connectivity index (χ4n) is 3.43. The summed E-state index contributed by atoms with van der Waals surface area (Å²) in [6.07, 6.45) is -3.50. The lowest BCUT2D eigenvalue weighted by atomic mass is 10.0. The molecule has 1 aromatic carbocycles. The second-order valence-electron chi connectivity index (χ2n) is 7.08. The lowest BCUT2D eigenvalue weighted by Crippen LogP contribution is -2.35. The van der Waals surface area contributed by atoms with Crippen LogP contribution in [0, 0.1) is 0 Å². The third-order valence-corrected chi connectivity index (χ3v) is 4.75. The third-order valence-electron chi connectivity index (χ3n) is 4.75. The Morgan fingerprint density at radius 2 is 1.90 bits per heavy atom. The molecule has 4 rings (SSSR count). The third kappa shape index (κ3) is 4.39. The highest BCUT2D eigenvalue weighted by atomic mass is 19.4. The van der Waals surface area contributed by atoms with E-state index in [1.54, 1.807) is 30.3 Å². The molecular weight excluding hydrogens is 415 g/mol. The molecule has 0 aliphatic carbocycles. The van der Waals surface area contributed by atoms with E-state index in [-0.39, 0.29) is 23.8 Å². The lowest BCUT2D eigenvalue weighted by Gasteiger charge is -2.32. The normalized spacial score (nSPS) is 18.1. The van der Waals surface area contributed by atoms with E-state index in [0.29, 0.717) is 17.1 Å². The van der Waals surface area contributed by atoms with Gasteiger partial charge in [-0.15, -0.1) is 0 Å². The minimum absolute atomic E-state index is 0.0622. The van der Waals surface area contributed by atoms with Crippen molar-refractivity contribution in [1.82, 2.24) is 9.78 Å². The van der Waals surface area contributed by atoms with Gasteiger partial charge in [0, 0.05) is 30.8 Å². The van der Waals surface area contributed by atoms with Gasteiger partial charge in [-0.25, -0.2) is 4.68 Å². The average molecular weight is 433 g/mol. The molecule has 8 nitrogen and oxygen atoms in total. The topological polar surface area (TPSA) is 101 Å². The molecule has 0 fully saturated rings. The van der Waals surface area contributed by atoms with Gasteiger partial charge in [0.2, 0.25) is 5.91 Å². The number of furan rings is 1. The van der Waals surface area contributed by atoms with Crippen molar-refractivity contribution < 1.29 is 27.2 Å². The van der Waals surface area contributed by atoms with Gasteiger partial charge in [-0.05, 0) is 30.3 Å². The van der Waals surface area contributed by atoms with Gasteiger partial charge in [-0.3, -0.25) is 9.59 Å². The summed E-state index contributed by atoms with van der Waals surface area (Å²) >= 11 is 0. The predicted molar refractivity (Wildman–Crippen MR) is 106 cm³/mol. The zero-order valence-electron chi connectivity index (χ0n) is 16.2. The number of aromatic nitrogens is 2. The van der Waals surface area contributed by atoms with Gasteiger partial charge in [0.1, 0.15) is 11.6 Å². The molecule has 2 amide bonds. The number of nitrogens with zero attached hydrogens (tertiary/aromatic N) is 2. The molecule has 1 aliphatic rings. The van der Waals surface area contributed by atoms with Crippen LogP contribution < -0.4 is 16.0 Å². The van der Waals surface area contributed by atoms with Crippen LogP contribution in [-0.2, 0) is 4.79 Å². The van der Waals surface area contributed by atoms with Gasteiger partial charge in [0.25, 0.3) is 5.91 Å². The summed E-state index contributed by atoms with van der Waals surface area (Å²) in [7, 11) is 0. The highest BCUT2D eigenvalue weighted by Gasteiger charge is 2.47. The van der Waals surface area contributed by atoms with Gasteiger partial charge in [0.05, 0.1) is 12.3 Å². The highest BCUT2D eigenvalue weighted by molar-refractivity contribution is 6.03. The summed E-state index contributed by atoms with van der Waals surface area (Å²) in [5, 5.41) is 12.0. The largest absolute Gasteiger partial charge is 0.467 e. The summed E-state index contributed by atoms with van der Waals surface area (Å²) in [5.41, 5.74) is 0.646. The molecule has 3 heterocycles. The molecule has 3 aromatic rings. The summed E-state index contributed by atoms with van der Waals surface area (Å²) < 4.78 is 47.1. The number of rotatable bonds is 4. The van der Waals surface area contributed by atoms with Crippen LogP contribution in [0.15, 0.2) is 53.1 Å². The molecule has 1 aliphatic heterocycles. The first-order valence-electron chi connectivity index (χ1n) is 9.36. The number of fused-ring (bicyclic) bond motifs is 1. The van der Waals surface area contributed by atoms with Crippen LogP contribution >= 0.6 is 0 Å². The van der Waals surface area contributed by atoms with Gasteiger partial charge >= 0.3 is 6.18 Å². The monoisotopic (exact) mass is 433 g/mol. The van der Waals surface area contributed by atoms with E-state index < -0.39 is 24.2 Å². The number of carbonyl (C=O) groups excluding carboxylic acids is 2. The number of anilines is 3. The fourth-order valence-corrected chi connectivity index (χ4v) is 3.43. The summed E-state index contributed by atoms with van der Waals surface area (Å²) in [4.78, 5) is 23.8. The van der Waals surface area contributed by atoms with Crippen LogP contribution in [0.3, 0.4) is 0 Å². The van der Waals surface area contributed by atoms with Crippen molar-refractivity contribution in [2.75, 3.05) is 16.0 Å². The first-order chi connectivity index (χ1) is 14.7. The minimum Gasteiger partial charge on any atom is -0.467 e. The van der Waals surface area contributed by atoms with Crippen LogP contribution in [-0.4, -0.2) is 27.8 Å². The number of halogens is 3. The van der Waals surface area contributed by atoms with Crippen molar-refractivity contribution in [3.05, 3.63) is 60.2 Å². The maximum Gasteiger partial charge on any atom is 0.410 e. The molecule has 3 N–H and O–H groups in total. The van der Waals surface area contributed by atoms with E-state index in [1.165, 1.54) is 25.3 Å². The zero-order valence-corrected chi connectivity index (χ0v) is 16.2. The lowest BCUT2D eigenvalue weighted by molar-refractivity contribution is -0.174. The number of alkyl halides is 3. The van der Waals surface area contributed by atoms with Crippen LogP contribution in [0.4, 0.5) is 30.4 Å². The van der Waals surface area contributed by atoms with Crippen molar-refractivity contribution in [3.8, 4) is 0 Å². The van der Waals surface area contributed by atoms with Crippen LogP contribution in [0.1, 0.15) is 41.7 Å². The maximum atomic E-state index is 13.7. The summed E-state index contributed by atoms with van der Waals surface area (Å²) in [6.45, 7) is 1.35. The number of benzene rings is 1. The average Bonchev–Trinajstić information content (AvgIpc) is 3.36. The minimum atomic E-state index is -4.56. The molecule has 0 saturated heterocycles. The molecule has 31 heavy (non-hydrogen) atoms. The van der Waals surface area contributed by atoms with Crippen molar-refractivity contribution in [3.63, 3.8) is 0 Å². The standard InChI is InChI=1S/C20H18F3N5O3/c1-11(29)24-12-4-2-5-13(8-12)25-19(30)15-10-18-26-14(16-6-3-7-31-16)9-17(20(21,22)23)28(18)27-15/h2-8,10,14,17,26H,9H2,1H3,(H,24,29)(H,25,30)/t14-,17+/m0/s1. The fraction of sp³-hybridized carbons (Fsp3) is 0.250. The molecule has 0 spiro atoms. The summed E-state index contributed by atoms with van der Waals surface area (Å²) in [5.74, 6) is -0.533. The van der Waals surface area contributed by atoms with Crippen LogP contribution in [0.2, 0.25) is 0 Å². The SMILES string of the molecule is CC(=O)Nc1cccc(NC(=O)c2cc3n(n2)[C@@H](C(F)(F)F)C[C@@H](c2ccco2)N3)c1. The van der Waals surface area contributed by atoms with Gasteiger partial charge < -0.3 is 20.4 Å². The predicted octanol–water partition coefficient (Wildman–Crippen LogP) is 4.35. The van der Waals surface area contributed by atoms with Crippen molar-refractivity contribution >= 4 is 29.0 Å². The molecule has 0 bridgehead atoms. The van der Waals surface area contributed by atoms with Gasteiger partial charge in [-0.2, -0.15) is 18.3 Å². The second-order valence-corrected chi connectivity index (χ2v) is 7.08. The van der Waals surface area contributed by atoms with Crippen LogP contribution in [0.5, 0.6) is 0 Å². The van der Waals surface area contributed by atoms with E-state index in [1.807, 2.05) is 0 Å². The molecule has 0 unspecified atom stereocenters. The molecule has 0 radical (unpaired) electrons. The first-order valence-corrected chi connectivity index (χ1v) is 9.36. The second kappa shape index (κ2) is 7.82. The quantitative estimate of drug-likeness (QED) is 0.568. The maximum absolute atomic E-state index is 13.7. The Kier molecular flexibility index (Phi) is 5.17.